The van der Waals surface area contributed by atoms with Gasteiger partial charge in [0.2, 0.25) is 0 Å². The molecule has 0 aliphatic heterocycles. The highest BCUT2D eigenvalue weighted by Crippen LogP contribution is 2.33. The molecule has 3 nitrogen and oxygen atoms in total. The highest BCUT2D eigenvalue weighted by atomic mass is 15.2. The van der Waals surface area contributed by atoms with Gasteiger partial charge in [-0.05, 0) is 38.0 Å². The maximum absolute atomic E-state index is 9.06. The molecule has 0 amide bonds. The van der Waals surface area contributed by atoms with Gasteiger partial charge in [0.1, 0.15) is 6.07 Å². The zero-order chi connectivity index (χ0) is 10.8. The minimum Gasteiger partial charge on any atom is -0.399 e. The number of nitrogen functional groups attached to an aromatic ring is 1. The fraction of sp³-hybridized carbons (Fsp3) is 0.417. The smallest absolute Gasteiger partial charge is 0.101 e. The van der Waals surface area contributed by atoms with Crippen molar-refractivity contribution in [1.29, 1.82) is 5.26 Å². The number of rotatable bonds is 3. The van der Waals surface area contributed by atoms with Crippen LogP contribution in [0.5, 0.6) is 0 Å². The van der Waals surface area contributed by atoms with Crippen LogP contribution in [0.1, 0.15) is 25.3 Å². The van der Waals surface area contributed by atoms with E-state index in [9.17, 15) is 0 Å². The molecule has 2 N–H and O–H groups in total. The first-order valence-corrected chi connectivity index (χ1v) is 5.32. The van der Waals surface area contributed by atoms with Crippen molar-refractivity contribution in [3.05, 3.63) is 23.8 Å². The molecular formula is C12H15N3. The Bertz CT molecular complexity index is 402. The van der Waals surface area contributed by atoms with Gasteiger partial charge >= 0.3 is 0 Å². The summed E-state index contributed by atoms with van der Waals surface area (Å²) in [5.74, 6) is 0. The molecule has 0 radical (unpaired) electrons. The van der Waals surface area contributed by atoms with Crippen LogP contribution in [-0.4, -0.2) is 12.6 Å². The molecule has 0 unspecified atom stereocenters. The predicted molar refractivity (Wildman–Crippen MR) is 61.6 cm³/mol. The molecule has 1 aliphatic rings. The molecule has 1 fully saturated rings. The van der Waals surface area contributed by atoms with Gasteiger partial charge in [0.05, 0.1) is 11.3 Å². The van der Waals surface area contributed by atoms with E-state index in [4.69, 9.17) is 11.0 Å². The van der Waals surface area contributed by atoms with E-state index in [1.807, 2.05) is 12.1 Å². The van der Waals surface area contributed by atoms with Crippen LogP contribution < -0.4 is 10.6 Å². The zero-order valence-electron chi connectivity index (χ0n) is 8.90. The molecule has 0 saturated heterocycles. The average Bonchev–Trinajstić information content (AvgIpc) is 3.05. The summed E-state index contributed by atoms with van der Waals surface area (Å²) in [5.41, 5.74) is 8.03. The summed E-state index contributed by atoms with van der Waals surface area (Å²) in [6.07, 6.45) is 2.48. The SMILES string of the molecule is CCN(c1ccc(N)cc1C#N)C1CC1. The number of nitriles is 1. The molecule has 1 aliphatic carbocycles. The maximum Gasteiger partial charge on any atom is 0.101 e. The highest BCUT2D eigenvalue weighted by molar-refractivity contribution is 5.65. The predicted octanol–water partition coefficient (Wildman–Crippen LogP) is 2.13. The Morgan fingerprint density at radius 2 is 2.27 bits per heavy atom. The molecule has 0 bridgehead atoms. The lowest BCUT2D eigenvalue weighted by atomic mass is 10.1. The van der Waals surface area contributed by atoms with Crippen molar-refractivity contribution in [2.24, 2.45) is 0 Å². The van der Waals surface area contributed by atoms with Gasteiger partial charge in [-0.2, -0.15) is 5.26 Å². The lowest BCUT2D eigenvalue weighted by Crippen LogP contribution is -2.25. The first-order chi connectivity index (χ1) is 7.26. The molecule has 1 saturated carbocycles. The molecule has 0 aromatic heterocycles. The van der Waals surface area contributed by atoms with Crippen LogP contribution in [0.2, 0.25) is 0 Å². The molecular weight excluding hydrogens is 186 g/mol. The fourth-order valence-corrected chi connectivity index (χ4v) is 1.91. The van der Waals surface area contributed by atoms with Crippen LogP contribution in [0.3, 0.4) is 0 Å². The third-order valence-electron chi connectivity index (χ3n) is 2.78. The van der Waals surface area contributed by atoms with E-state index < -0.39 is 0 Å². The maximum atomic E-state index is 9.06. The molecule has 78 valence electrons. The van der Waals surface area contributed by atoms with E-state index >= 15 is 0 Å². The molecule has 0 spiro atoms. The van der Waals surface area contributed by atoms with Crippen molar-refractivity contribution in [2.45, 2.75) is 25.8 Å². The number of nitrogens with zero attached hydrogens (tertiary/aromatic N) is 2. The third kappa shape index (κ3) is 1.89. The second-order valence-corrected chi connectivity index (χ2v) is 3.91. The highest BCUT2D eigenvalue weighted by Gasteiger charge is 2.29. The normalized spacial score (nSPS) is 14.7. The summed E-state index contributed by atoms with van der Waals surface area (Å²) < 4.78 is 0. The molecule has 15 heavy (non-hydrogen) atoms. The van der Waals surface area contributed by atoms with Gasteiger partial charge in [-0.25, -0.2) is 0 Å². The van der Waals surface area contributed by atoms with E-state index in [-0.39, 0.29) is 0 Å². The zero-order valence-corrected chi connectivity index (χ0v) is 8.90. The lowest BCUT2D eigenvalue weighted by molar-refractivity contribution is 0.825. The molecule has 1 aromatic carbocycles. The second-order valence-electron chi connectivity index (χ2n) is 3.91. The van der Waals surface area contributed by atoms with E-state index in [1.165, 1.54) is 12.8 Å². The van der Waals surface area contributed by atoms with Gasteiger partial charge in [0, 0.05) is 18.3 Å². The first-order valence-electron chi connectivity index (χ1n) is 5.32. The molecule has 2 rings (SSSR count). The first kappa shape index (κ1) is 9.85. The second kappa shape index (κ2) is 3.82. The Labute approximate surface area is 90.1 Å². The van der Waals surface area contributed by atoms with Gasteiger partial charge in [0.25, 0.3) is 0 Å². The quantitative estimate of drug-likeness (QED) is 0.762. The topological polar surface area (TPSA) is 53.0 Å². The number of nitrogens with two attached hydrogens (primary N) is 1. The van der Waals surface area contributed by atoms with Crippen molar-refractivity contribution < 1.29 is 0 Å². The Morgan fingerprint density at radius 1 is 1.53 bits per heavy atom. The molecule has 0 atom stereocenters. The number of anilines is 2. The van der Waals surface area contributed by atoms with Crippen LogP contribution in [0, 0.1) is 11.3 Å². The van der Waals surface area contributed by atoms with E-state index in [2.05, 4.69) is 17.9 Å². The van der Waals surface area contributed by atoms with Crippen LogP contribution in [0.25, 0.3) is 0 Å². The summed E-state index contributed by atoms with van der Waals surface area (Å²) >= 11 is 0. The largest absolute Gasteiger partial charge is 0.399 e. The summed E-state index contributed by atoms with van der Waals surface area (Å²) in [6.45, 7) is 3.07. The fourth-order valence-electron chi connectivity index (χ4n) is 1.91. The molecule has 3 heteroatoms. The standard InChI is InChI=1S/C12H15N3/c1-2-15(11-4-5-11)12-6-3-10(14)7-9(12)8-13/h3,6-7,11H,2,4-5,14H2,1H3. The van der Waals surface area contributed by atoms with Crippen LogP contribution in [0.4, 0.5) is 11.4 Å². The summed E-state index contributed by atoms with van der Waals surface area (Å²) in [6, 6.07) is 8.41. The van der Waals surface area contributed by atoms with E-state index in [0.29, 0.717) is 17.3 Å². The molecule has 1 aromatic rings. The summed E-state index contributed by atoms with van der Waals surface area (Å²) in [7, 11) is 0. The van der Waals surface area contributed by atoms with Crippen molar-refractivity contribution in [3.8, 4) is 6.07 Å². The third-order valence-corrected chi connectivity index (χ3v) is 2.78. The molecule has 0 heterocycles. The monoisotopic (exact) mass is 201 g/mol. The summed E-state index contributed by atoms with van der Waals surface area (Å²) in [5, 5.41) is 9.06. The van der Waals surface area contributed by atoms with E-state index in [0.717, 1.165) is 12.2 Å². The average molecular weight is 201 g/mol. The van der Waals surface area contributed by atoms with Crippen LogP contribution >= 0.6 is 0 Å². The number of hydrogen-bond donors (Lipinski definition) is 1. The van der Waals surface area contributed by atoms with Gasteiger partial charge < -0.3 is 10.6 Å². The van der Waals surface area contributed by atoms with Crippen molar-refractivity contribution in [2.75, 3.05) is 17.2 Å². The minimum absolute atomic E-state index is 0.630. The van der Waals surface area contributed by atoms with Gasteiger partial charge in [0.15, 0.2) is 0 Å². The Morgan fingerprint density at radius 3 is 2.80 bits per heavy atom. The van der Waals surface area contributed by atoms with Crippen molar-refractivity contribution in [3.63, 3.8) is 0 Å². The van der Waals surface area contributed by atoms with Crippen molar-refractivity contribution in [1.82, 2.24) is 0 Å². The lowest BCUT2D eigenvalue weighted by Gasteiger charge is -2.23. The van der Waals surface area contributed by atoms with Crippen LogP contribution in [-0.2, 0) is 0 Å². The van der Waals surface area contributed by atoms with E-state index in [1.54, 1.807) is 6.07 Å². The Hall–Kier alpha value is -1.69. The summed E-state index contributed by atoms with van der Waals surface area (Å²) in [4.78, 5) is 2.29. The van der Waals surface area contributed by atoms with Gasteiger partial charge in [-0.15, -0.1) is 0 Å². The Balaban J connectivity index is 2.37. The minimum atomic E-state index is 0.630. The number of hydrogen-bond acceptors (Lipinski definition) is 3. The number of benzene rings is 1. The van der Waals surface area contributed by atoms with Gasteiger partial charge in [-0.1, -0.05) is 0 Å². The van der Waals surface area contributed by atoms with Gasteiger partial charge in [-0.3, -0.25) is 0 Å². The van der Waals surface area contributed by atoms with Crippen molar-refractivity contribution >= 4 is 11.4 Å². The Kier molecular flexibility index (Phi) is 2.51. The van der Waals surface area contributed by atoms with Crippen LogP contribution in [0.15, 0.2) is 18.2 Å².